The highest BCUT2D eigenvalue weighted by atomic mass is 31.1. The molecule has 0 fully saturated rings. The second kappa shape index (κ2) is 5.46. The molecule has 0 aromatic rings. The van der Waals surface area contributed by atoms with E-state index < -0.39 is 20.0 Å². The van der Waals surface area contributed by atoms with Crippen LogP contribution < -0.4 is 0 Å². The maximum Gasteiger partial charge on any atom is 0.196 e. The van der Waals surface area contributed by atoms with Gasteiger partial charge in [-0.25, -0.2) is 0 Å². The van der Waals surface area contributed by atoms with Gasteiger partial charge in [0.25, 0.3) is 0 Å². The lowest BCUT2D eigenvalue weighted by molar-refractivity contribution is -0.123. The molecule has 1 unspecified atom stereocenters. The van der Waals surface area contributed by atoms with Crippen molar-refractivity contribution in [3.63, 3.8) is 0 Å². The molecule has 72 valence electrons. The maximum absolute atomic E-state index is 11.1. The number of Topliss-reactive ketones (excluding diaryl/α,β-unsaturated/α-hetero) is 1. The van der Waals surface area contributed by atoms with E-state index in [2.05, 4.69) is 0 Å². The first kappa shape index (κ1) is 11.8. The molecule has 0 aromatic carbocycles. The lowest BCUT2D eigenvalue weighted by Crippen LogP contribution is -2.26. The molecule has 0 aliphatic carbocycles. The fourth-order valence-corrected chi connectivity index (χ4v) is 1.50. The monoisotopic (exact) mass is 194 g/mol. The molecule has 0 saturated heterocycles. The summed E-state index contributed by atoms with van der Waals surface area (Å²) in [5, 5.41) is 9.22. The predicted molar refractivity (Wildman–Crippen MR) is 46.6 cm³/mol. The minimum absolute atomic E-state index is 0.317. The van der Waals surface area contributed by atoms with Crippen LogP contribution in [-0.4, -0.2) is 28.0 Å². The number of rotatable bonds is 5. The summed E-state index contributed by atoms with van der Waals surface area (Å²) < 4.78 is 10.3. The first-order chi connectivity index (χ1) is 5.49. The van der Waals surface area contributed by atoms with Gasteiger partial charge < -0.3 is 10.00 Å². The summed E-state index contributed by atoms with van der Waals surface area (Å²) >= 11 is 0. The maximum atomic E-state index is 11.1. The molecule has 0 radical (unpaired) electrons. The number of hydrogen-bond acceptors (Lipinski definition) is 3. The van der Waals surface area contributed by atoms with Gasteiger partial charge in [0.05, 0.1) is 12.3 Å². The second-order valence-corrected chi connectivity index (χ2v) is 3.94. The van der Waals surface area contributed by atoms with Crippen LogP contribution in [0.4, 0.5) is 0 Å². The predicted octanol–water partition coefficient (Wildman–Crippen LogP) is 0.429. The van der Waals surface area contributed by atoms with E-state index >= 15 is 0 Å². The van der Waals surface area contributed by atoms with Crippen LogP contribution >= 0.6 is 8.03 Å². The number of aliphatic hydroxyl groups excluding tert-OH is 1. The summed E-state index contributed by atoms with van der Waals surface area (Å²) in [6.45, 7) is 3.33. The SMILES string of the molecule is CC[C@H](O)[C@@H](C)C(=O)C[PH](=O)O. The number of aliphatic hydroxyl groups is 1. The highest BCUT2D eigenvalue weighted by Crippen LogP contribution is 2.17. The van der Waals surface area contributed by atoms with Crippen molar-refractivity contribution in [3.05, 3.63) is 0 Å². The topological polar surface area (TPSA) is 74.6 Å². The summed E-state index contributed by atoms with van der Waals surface area (Å²) in [4.78, 5) is 19.5. The van der Waals surface area contributed by atoms with Crippen molar-refractivity contribution in [1.29, 1.82) is 0 Å². The lowest BCUT2D eigenvalue weighted by atomic mass is 9.99. The van der Waals surface area contributed by atoms with E-state index in [9.17, 15) is 14.5 Å². The molecular formula is C7H15O4P. The van der Waals surface area contributed by atoms with E-state index in [4.69, 9.17) is 4.89 Å². The molecule has 2 N–H and O–H groups in total. The van der Waals surface area contributed by atoms with E-state index in [-0.39, 0.29) is 11.9 Å². The number of hydrogen-bond donors (Lipinski definition) is 2. The molecule has 0 saturated carbocycles. The molecular weight excluding hydrogens is 179 g/mol. The van der Waals surface area contributed by atoms with Crippen LogP contribution in [0.2, 0.25) is 0 Å². The third-order valence-electron chi connectivity index (χ3n) is 1.83. The molecule has 0 rings (SSSR count). The van der Waals surface area contributed by atoms with Crippen LogP contribution in [0.25, 0.3) is 0 Å². The molecule has 0 amide bonds. The van der Waals surface area contributed by atoms with E-state index in [1.165, 1.54) is 0 Å². The van der Waals surface area contributed by atoms with Gasteiger partial charge in [0.15, 0.2) is 8.03 Å². The number of ketones is 1. The summed E-state index contributed by atoms with van der Waals surface area (Å²) in [5.74, 6) is -0.869. The van der Waals surface area contributed by atoms with E-state index in [1.807, 2.05) is 0 Å². The Bertz CT molecular complexity index is 180. The summed E-state index contributed by atoms with van der Waals surface area (Å²) in [5.41, 5.74) is 0. The molecule has 0 aromatic heterocycles. The zero-order valence-corrected chi connectivity index (χ0v) is 8.28. The second-order valence-electron chi connectivity index (χ2n) is 2.80. The average molecular weight is 194 g/mol. The van der Waals surface area contributed by atoms with Gasteiger partial charge in [0, 0.05) is 5.92 Å². The van der Waals surface area contributed by atoms with Crippen LogP contribution in [0.15, 0.2) is 0 Å². The van der Waals surface area contributed by atoms with Crippen molar-refractivity contribution in [2.24, 2.45) is 5.92 Å². The van der Waals surface area contributed by atoms with E-state index in [0.29, 0.717) is 6.42 Å². The molecule has 4 nitrogen and oxygen atoms in total. The summed E-state index contributed by atoms with van der Waals surface area (Å²) in [7, 11) is -2.73. The van der Waals surface area contributed by atoms with Gasteiger partial charge in [-0.3, -0.25) is 9.36 Å². The minimum Gasteiger partial charge on any atom is -0.392 e. The molecule has 0 heterocycles. The Hall–Kier alpha value is -0.180. The fourth-order valence-electron chi connectivity index (χ4n) is 0.878. The van der Waals surface area contributed by atoms with Crippen molar-refractivity contribution in [2.45, 2.75) is 26.4 Å². The molecule has 0 aliphatic heterocycles. The highest BCUT2D eigenvalue weighted by Gasteiger charge is 2.21. The Morgan fingerprint density at radius 3 is 2.42 bits per heavy atom. The van der Waals surface area contributed by atoms with Crippen molar-refractivity contribution < 1.29 is 19.4 Å². The van der Waals surface area contributed by atoms with Crippen molar-refractivity contribution in [2.75, 3.05) is 6.16 Å². The van der Waals surface area contributed by atoms with Gasteiger partial charge >= 0.3 is 0 Å². The smallest absolute Gasteiger partial charge is 0.196 e. The van der Waals surface area contributed by atoms with Gasteiger partial charge in [-0.15, -0.1) is 0 Å². The zero-order chi connectivity index (χ0) is 9.72. The molecule has 0 bridgehead atoms. The van der Waals surface area contributed by atoms with Gasteiger partial charge in [-0.1, -0.05) is 13.8 Å². The highest BCUT2D eigenvalue weighted by molar-refractivity contribution is 7.39. The van der Waals surface area contributed by atoms with Crippen LogP contribution in [0.3, 0.4) is 0 Å². The van der Waals surface area contributed by atoms with Gasteiger partial charge in [0.2, 0.25) is 0 Å². The third kappa shape index (κ3) is 4.00. The van der Waals surface area contributed by atoms with Gasteiger partial charge in [-0.05, 0) is 6.42 Å². The van der Waals surface area contributed by atoms with E-state index in [1.54, 1.807) is 13.8 Å². The number of carbonyl (C=O) groups is 1. The molecule has 0 aliphatic rings. The molecule has 0 spiro atoms. The largest absolute Gasteiger partial charge is 0.392 e. The van der Waals surface area contributed by atoms with Crippen molar-refractivity contribution >= 4 is 13.8 Å². The van der Waals surface area contributed by atoms with Crippen molar-refractivity contribution in [1.82, 2.24) is 0 Å². The Morgan fingerprint density at radius 1 is 1.58 bits per heavy atom. The lowest BCUT2D eigenvalue weighted by Gasteiger charge is -2.14. The fraction of sp³-hybridized carbons (Fsp3) is 0.857. The normalized spacial score (nSPS) is 18.3. The summed E-state index contributed by atoms with van der Waals surface area (Å²) in [6.07, 6.45) is -0.527. The Morgan fingerprint density at radius 2 is 2.08 bits per heavy atom. The quantitative estimate of drug-likeness (QED) is 0.622. The van der Waals surface area contributed by atoms with Gasteiger partial charge in [-0.2, -0.15) is 0 Å². The van der Waals surface area contributed by atoms with Gasteiger partial charge in [0.1, 0.15) is 5.78 Å². The molecule has 5 heteroatoms. The van der Waals surface area contributed by atoms with Crippen LogP contribution in [0.5, 0.6) is 0 Å². The Kier molecular flexibility index (Phi) is 5.38. The Balaban J connectivity index is 4.01. The van der Waals surface area contributed by atoms with Crippen LogP contribution in [0, 0.1) is 5.92 Å². The third-order valence-corrected chi connectivity index (χ3v) is 2.48. The van der Waals surface area contributed by atoms with Crippen molar-refractivity contribution in [3.8, 4) is 0 Å². The number of carbonyl (C=O) groups excluding carboxylic acids is 1. The van der Waals surface area contributed by atoms with Crippen LogP contribution in [0.1, 0.15) is 20.3 Å². The minimum atomic E-state index is -2.73. The first-order valence-electron chi connectivity index (χ1n) is 3.91. The van der Waals surface area contributed by atoms with E-state index in [0.717, 1.165) is 0 Å². The zero-order valence-electron chi connectivity index (χ0n) is 7.28. The standard InChI is InChI=1S/C7H15O4P/c1-3-6(8)5(2)7(9)4-12(10)11/h5-6,8,12H,3-4H2,1-2H3,(H,10,11)/t5-,6+/m1/s1. The molecule has 3 atom stereocenters. The molecule has 12 heavy (non-hydrogen) atoms. The van der Waals surface area contributed by atoms with Crippen LogP contribution in [-0.2, 0) is 9.36 Å². The summed E-state index contributed by atoms with van der Waals surface area (Å²) in [6, 6.07) is 0. The first-order valence-corrected chi connectivity index (χ1v) is 5.47. The Labute approximate surface area is 72.5 Å². The average Bonchev–Trinajstić information content (AvgIpc) is 2.00.